The van der Waals surface area contributed by atoms with Gasteiger partial charge in [0.2, 0.25) is 70.9 Å². The summed E-state index contributed by atoms with van der Waals surface area (Å²) in [5.74, 6) is -14.0. The molecule has 2 aromatic carbocycles. The van der Waals surface area contributed by atoms with E-state index in [9.17, 15) is 77.6 Å². The number of aliphatic hydroxyl groups excluding tert-OH is 3. The van der Waals surface area contributed by atoms with Crippen LogP contribution in [0.25, 0.3) is 10.9 Å². The predicted octanol–water partition coefficient (Wildman–Crippen LogP) is -3.91. The summed E-state index contributed by atoms with van der Waals surface area (Å²) in [6, 6.07) is 1.18. The van der Waals surface area contributed by atoms with Crippen LogP contribution in [0.2, 0.25) is 0 Å². The van der Waals surface area contributed by atoms with Crippen molar-refractivity contribution in [2.24, 2.45) is 17.8 Å². The van der Waals surface area contributed by atoms with E-state index in [1.807, 2.05) is 0 Å². The molecule has 31 nitrogen and oxygen atoms in total. The number of nitrogens with zero attached hydrogens (tertiary/aromatic N) is 2. The fourth-order valence-corrected chi connectivity index (χ4v) is 11.9. The maximum absolute atomic E-state index is 15.0. The van der Waals surface area contributed by atoms with Crippen LogP contribution < -0.4 is 58.5 Å². The number of imide groups is 1. The van der Waals surface area contributed by atoms with Gasteiger partial charge in [-0.15, -0.1) is 11.8 Å². The SMILES string of the molecule is CC[C@H](C)[C@@H]1NC(=O)CNC(=O)[C@@H]2Cc3c([nH]c4ccccc34)SCC(NC(=O)CNC1=O)C(=O)N[C@@H](CC(=O)NCc1ccc(NC(=O)[C@H](C)NC(=O)C(NC(=O)CCN3C(=O)C=CC3=O)C(C)C)cc1)C(=O)N1CC(O)C[C@H]1C(=O)N[C@@H]([C@@H](C)[C@@H](O)CO)C(=O)N2. The van der Waals surface area contributed by atoms with Gasteiger partial charge in [0, 0.05) is 79.3 Å². The van der Waals surface area contributed by atoms with Gasteiger partial charge in [0.25, 0.3) is 11.8 Å². The molecule has 2 bridgehead atoms. The Bertz CT molecular complexity index is 3380. The van der Waals surface area contributed by atoms with Crippen LogP contribution in [-0.4, -0.2) is 212 Å². The lowest BCUT2D eigenvalue weighted by atomic mass is 9.93. The number of fused-ring (bicyclic) bond motifs is 5. The van der Waals surface area contributed by atoms with Crippen molar-refractivity contribution >= 4 is 111 Å². The number of para-hydroxylation sites is 1. The van der Waals surface area contributed by atoms with Gasteiger partial charge in [-0.3, -0.25) is 72.0 Å². The van der Waals surface area contributed by atoms with Gasteiger partial charge in [-0.1, -0.05) is 71.4 Å². The monoisotopic (exact) mass is 1310 g/mol. The zero-order chi connectivity index (χ0) is 68.0. The van der Waals surface area contributed by atoms with E-state index >= 15 is 4.79 Å². The highest BCUT2D eigenvalue weighted by atomic mass is 32.2. The minimum atomic E-state index is -1.84. The topological polar surface area (TPSA) is 454 Å². The molecule has 1 saturated heterocycles. The van der Waals surface area contributed by atoms with Gasteiger partial charge in [-0.05, 0) is 48.1 Å². The largest absolute Gasteiger partial charge is 0.394 e. The van der Waals surface area contributed by atoms with Crippen molar-refractivity contribution in [3.63, 3.8) is 0 Å². The summed E-state index contributed by atoms with van der Waals surface area (Å²) in [7, 11) is 0. The molecule has 502 valence electrons. The van der Waals surface area contributed by atoms with Crippen LogP contribution in [0.15, 0.2) is 65.7 Å². The molecule has 4 aliphatic heterocycles. The first-order chi connectivity index (χ1) is 44.2. The van der Waals surface area contributed by atoms with Crippen LogP contribution >= 0.6 is 11.8 Å². The average Bonchev–Trinajstić information content (AvgIpc) is 1.70. The third-order valence-electron chi connectivity index (χ3n) is 16.5. The van der Waals surface area contributed by atoms with Gasteiger partial charge in [-0.2, -0.15) is 0 Å². The third-order valence-corrected chi connectivity index (χ3v) is 17.6. The number of carbonyl (C=O) groups is 14. The number of carbonyl (C=O) groups excluding carboxylic acids is 14. The summed E-state index contributed by atoms with van der Waals surface area (Å²) in [4.78, 5) is 197. The number of benzene rings is 2. The van der Waals surface area contributed by atoms with Crippen LogP contribution in [0, 0.1) is 17.8 Å². The number of aliphatic hydroxyl groups is 3. The Morgan fingerprint density at radius 3 is 2.05 bits per heavy atom. The van der Waals surface area contributed by atoms with E-state index in [2.05, 4.69) is 63.5 Å². The van der Waals surface area contributed by atoms with Gasteiger partial charge in [0.15, 0.2) is 0 Å². The summed E-state index contributed by atoms with van der Waals surface area (Å²) < 4.78 is 0. The van der Waals surface area contributed by atoms with Crippen LogP contribution in [0.5, 0.6) is 0 Å². The van der Waals surface area contributed by atoms with Crippen molar-refractivity contribution in [1.82, 2.24) is 68.0 Å². The zero-order valence-corrected chi connectivity index (χ0v) is 52.9. The number of aromatic nitrogens is 1. The second-order valence-corrected chi connectivity index (χ2v) is 24.7. The van der Waals surface area contributed by atoms with E-state index in [4.69, 9.17) is 0 Å². The Morgan fingerprint density at radius 1 is 0.720 bits per heavy atom. The maximum atomic E-state index is 15.0. The van der Waals surface area contributed by atoms with Crippen LogP contribution in [0.3, 0.4) is 0 Å². The number of hydrogen-bond donors (Lipinski definition) is 15. The molecule has 1 aromatic heterocycles. The second-order valence-electron chi connectivity index (χ2n) is 23.7. The Morgan fingerprint density at radius 2 is 1.39 bits per heavy atom. The molecule has 5 heterocycles. The Labute approximate surface area is 538 Å². The lowest BCUT2D eigenvalue weighted by molar-refractivity contribution is -0.144. The molecule has 1 fully saturated rings. The third kappa shape index (κ3) is 18.7. The molecule has 15 N–H and O–H groups in total. The van der Waals surface area contributed by atoms with E-state index in [0.717, 1.165) is 33.7 Å². The van der Waals surface area contributed by atoms with Gasteiger partial charge in [0.1, 0.15) is 48.3 Å². The zero-order valence-electron chi connectivity index (χ0n) is 52.1. The van der Waals surface area contributed by atoms with Gasteiger partial charge < -0.3 is 83.7 Å². The number of anilines is 1. The van der Waals surface area contributed by atoms with E-state index in [-0.39, 0.29) is 37.4 Å². The summed E-state index contributed by atoms with van der Waals surface area (Å²) in [5.41, 5.74) is 1.68. The molecule has 0 saturated carbocycles. The van der Waals surface area contributed by atoms with Gasteiger partial charge in [-0.25, -0.2) is 0 Å². The molecule has 3 aromatic rings. The van der Waals surface area contributed by atoms with Crippen molar-refractivity contribution < 1.29 is 82.4 Å². The Kier molecular flexibility index (Phi) is 24.7. The lowest BCUT2D eigenvalue weighted by Gasteiger charge is -2.33. The number of rotatable bonds is 18. The highest BCUT2D eigenvalue weighted by molar-refractivity contribution is 7.99. The van der Waals surface area contributed by atoms with Crippen molar-refractivity contribution in [3.8, 4) is 0 Å². The number of aromatic amines is 1. The van der Waals surface area contributed by atoms with Crippen molar-refractivity contribution in [1.29, 1.82) is 0 Å². The maximum Gasteiger partial charge on any atom is 0.253 e. The molecule has 93 heavy (non-hydrogen) atoms. The number of H-pyrrole nitrogens is 1. The molecular formula is C61H80N14O17S. The molecule has 4 aliphatic rings. The fourth-order valence-electron chi connectivity index (χ4n) is 10.7. The molecule has 12 atom stereocenters. The first-order valence-corrected chi connectivity index (χ1v) is 31.5. The van der Waals surface area contributed by atoms with Gasteiger partial charge in [0.05, 0.1) is 43.4 Å². The highest BCUT2D eigenvalue weighted by Gasteiger charge is 2.45. The number of amides is 14. The van der Waals surface area contributed by atoms with E-state index in [1.54, 1.807) is 64.1 Å². The molecule has 0 radical (unpaired) electrons. The molecule has 7 rings (SSSR count). The van der Waals surface area contributed by atoms with Crippen LogP contribution in [0.1, 0.15) is 78.4 Å². The molecule has 0 spiro atoms. The molecule has 0 aliphatic carbocycles. The Balaban J connectivity index is 1.14. The van der Waals surface area contributed by atoms with Crippen molar-refractivity contribution in [3.05, 3.63) is 71.8 Å². The number of hydrogen-bond acceptors (Lipinski definition) is 18. The van der Waals surface area contributed by atoms with E-state index in [0.29, 0.717) is 33.5 Å². The molecule has 3 unspecified atom stereocenters. The number of thioether (sulfide) groups is 1. The standard InChI is InChI=1S/C61H80N14O17S/c1-7-30(4)51-57(89)64-24-46(81)67-41-28-93-60-37(36-10-8-9-11-38(36)70-60)21-39(54(86)63-25-47(82)72-51)68-59(91)52(31(5)43(78)27-76)73-56(88)42-20-35(77)26-75(42)61(92)40(69-55(41)87)22-45(80)62-23-33-12-14-34(15-13-33)66-53(85)32(6)65-58(90)50(29(2)3)71-44(79)18-19-74-48(83)16-17-49(74)84/h8-17,29-32,35,39-43,50-52,70,76-78H,7,18-28H2,1-6H3,(H,62,80)(H,63,86)(H,64,89)(H,65,90)(H,66,85)(H,67,81)(H,68,91)(H,69,87)(H,71,79)(H,72,82)(H,73,88)/t30-,31-,32-,35?,39-,40-,41?,42-,43-,50?,51-,52-/m0/s1. The summed E-state index contributed by atoms with van der Waals surface area (Å²) in [5, 5.41) is 61.5. The minimum Gasteiger partial charge on any atom is -0.394 e. The molecule has 32 heteroatoms. The van der Waals surface area contributed by atoms with Crippen LogP contribution in [-0.2, 0) is 80.1 Å². The first-order valence-electron chi connectivity index (χ1n) is 30.5. The quantitative estimate of drug-likeness (QED) is 0.0541. The average molecular weight is 1310 g/mol. The van der Waals surface area contributed by atoms with Crippen molar-refractivity contribution in [2.75, 3.05) is 43.9 Å². The van der Waals surface area contributed by atoms with Crippen LogP contribution in [0.4, 0.5) is 5.69 Å². The number of nitrogens with one attached hydrogen (secondary N) is 12. The second kappa shape index (κ2) is 32.3. The lowest BCUT2D eigenvalue weighted by Crippen LogP contribution is -2.62. The molecule has 14 amide bonds. The highest BCUT2D eigenvalue weighted by Crippen LogP contribution is 2.32. The van der Waals surface area contributed by atoms with Crippen molar-refractivity contribution in [2.45, 2.75) is 146 Å². The Hall–Kier alpha value is -9.27. The molecular weight excluding hydrogens is 1230 g/mol. The normalized spacial score (nSPS) is 23.7. The smallest absolute Gasteiger partial charge is 0.253 e. The minimum absolute atomic E-state index is 0.190. The fraction of sp³-hybridized carbons (Fsp3) is 0.508. The summed E-state index contributed by atoms with van der Waals surface area (Å²) >= 11 is 0.989. The van der Waals surface area contributed by atoms with E-state index in [1.165, 1.54) is 26.0 Å². The van der Waals surface area contributed by atoms with E-state index < -0.39 is 200 Å². The van der Waals surface area contributed by atoms with Gasteiger partial charge >= 0.3 is 0 Å². The summed E-state index contributed by atoms with van der Waals surface area (Å²) in [6.45, 7) is 6.32. The first kappa shape index (κ1) is 71.2. The predicted molar refractivity (Wildman–Crippen MR) is 333 cm³/mol. The summed E-state index contributed by atoms with van der Waals surface area (Å²) in [6.07, 6.45) is -2.30.